The molecule has 4 heteroatoms. The molecule has 72 valence electrons. The Kier molecular flexibility index (Phi) is 2.60. The highest BCUT2D eigenvalue weighted by molar-refractivity contribution is 8.03. The number of nitrogens with two attached hydrogens (primary N) is 1. The fourth-order valence-electron chi connectivity index (χ4n) is 1.85. The van der Waals surface area contributed by atoms with Crippen molar-refractivity contribution in [2.45, 2.75) is 24.6 Å². The average molecular weight is 198 g/mol. The summed E-state index contributed by atoms with van der Waals surface area (Å²) in [6.07, 6.45) is 4.53. The lowest BCUT2D eigenvalue weighted by molar-refractivity contribution is -0.117. The van der Waals surface area contributed by atoms with Gasteiger partial charge in [-0.1, -0.05) is 0 Å². The minimum atomic E-state index is 0.394. The molecule has 2 unspecified atom stereocenters. The number of rotatable bonds is 2. The molecule has 1 aliphatic carbocycles. The van der Waals surface area contributed by atoms with Crippen molar-refractivity contribution in [3.05, 3.63) is 11.1 Å². The van der Waals surface area contributed by atoms with Gasteiger partial charge in [-0.05, 0) is 12.3 Å². The van der Waals surface area contributed by atoms with Crippen molar-refractivity contribution in [2.24, 2.45) is 11.7 Å². The van der Waals surface area contributed by atoms with Crippen molar-refractivity contribution < 1.29 is 4.79 Å². The van der Waals surface area contributed by atoms with Crippen LogP contribution in [0.3, 0.4) is 0 Å². The van der Waals surface area contributed by atoms with Gasteiger partial charge in [-0.2, -0.15) is 0 Å². The minimum Gasteiger partial charge on any atom is -0.378 e. The molecule has 3 N–H and O–H groups in total. The molecule has 0 spiro atoms. The molecule has 2 atom stereocenters. The summed E-state index contributed by atoms with van der Waals surface area (Å²) in [6, 6.07) is 0. The maximum absolute atomic E-state index is 11.1. The highest BCUT2D eigenvalue weighted by atomic mass is 32.2. The van der Waals surface area contributed by atoms with Gasteiger partial charge < -0.3 is 11.1 Å². The van der Waals surface area contributed by atoms with Gasteiger partial charge in [-0.25, -0.2) is 0 Å². The van der Waals surface area contributed by atoms with Crippen LogP contribution in [0.15, 0.2) is 11.1 Å². The standard InChI is InChI=1S/C9H14N2OS/c10-4-8-5-11-9(13-8)6-1-2-7(12)3-6/h5-6,9,11H,1-4,10H2. The number of hydrogen-bond acceptors (Lipinski definition) is 4. The smallest absolute Gasteiger partial charge is 0.133 e. The summed E-state index contributed by atoms with van der Waals surface area (Å²) in [7, 11) is 0. The van der Waals surface area contributed by atoms with Crippen LogP contribution < -0.4 is 11.1 Å². The first kappa shape index (κ1) is 9.09. The first-order valence-corrected chi connectivity index (χ1v) is 5.51. The predicted molar refractivity (Wildman–Crippen MR) is 54.0 cm³/mol. The van der Waals surface area contributed by atoms with Crippen molar-refractivity contribution in [2.75, 3.05) is 6.54 Å². The number of thioether (sulfide) groups is 1. The molecule has 0 aromatic carbocycles. The van der Waals surface area contributed by atoms with Crippen molar-refractivity contribution in [1.82, 2.24) is 5.32 Å². The fraction of sp³-hybridized carbons (Fsp3) is 0.667. The third-order valence-electron chi connectivity index (χ3n) is 2.60. The van der Waals surface area contributed by atoms with Crippen LogP contribution in [-0.4, -0.2) is 17.7 Å². The summed E-state index contributed by atoms with van der Waals surface area (Å²) >= 11 is 1.78. The van der Waals surface area contributed by atoms with Crippen LogP contribution in [0.25, 0.3) is 0 Å². The molecule has 0 bridgehead atoms. The summed E-state index contributed by atoms with van der Waals surface area (Å²) in [5.41, 5.74) is 5.53. The Hall–Kier alpha value is -0.480. The number of carbonyl (C=O) groups is 1. The van der Waals surface area contributed by atoms with E-state index in [-0.39, 0.29) is 0 Å². The van der Waals surface area contributed by atoms with E-state index < -0.39 is 0 Å². The quantitative estimate of drug-likeness (QED) is 0.689. The number of ketones is 1. The van der Waals surface area contributed by atoms with E-state index in [2.05, 4.69) is 5.32 Å². The highest BCUT2D eigenvalue weighted by Gasteiger charge is 2.31. The van der Waals surface area contributed by atoms with Crippen LogP contribution in [-0.2, 0) is 4.79 Å². The molecule has 0 saturated heterocycles. The van der Waals surface area contributed by atoms with E-state index in [4.69, 9.17) is 5.73 Å². The first-order valence-electron chi connectivity index (χ1n) is 4.63. The van der Waals surface area contributed by atoms with Gasteiger partial charge in [-0.15, -0.1) is 11.8 Å². The van der Waals surface area contributed by atoms with Gasteiger partial charge in [0.2, 0.25) is 0 Å². The Morgan fingerprint density at radius 2 is 2.54 bits per heavy atom. The third kappa shape index (κ3) is 1.89. The average Bonchev–Trinajstić information content (AvgIpc) is 2.71. The molecule has 2 aliphatic rings. The zero-order chi connectivity index (χ0) is 9.26. The Morgan fingerprint density at radius 3 is 3.08 bits per heavy atom. The fourth-order valence-corrected chi connectivity index (χ4v) is 2.97. The lowest BCUT2D eigenvalue weighted by Crippen LogP contribution is -2.24. The molecule has 1 heterocycles. The van der Waals surface area contributed by atoms with Crippen molar-refractivity contribution in [3.63, 3.8) is 0 Å². The zero-order valence-corrected chi connectivity index (χ0v) is 8.27. The van der Waals surface area contributed by atoms with Crippen LogP contribution in [0, 0.1) is 5.92 Å². The van der Waals surface area contributed by atoms with Crippen molar-refractivity contribution in [3.8, 4) is 0 Å². The molecular weight excluding hydrogens is 184 g/mol. The highest BCUT2D eigenvalue weighted by Crippen LogP contribution is 2.36. The molecule has 0 radical (unpaired) electrons. The Bertz CT molecular complexity index is 252. The summed E-state index contributed by atoms with van der Waals surface area (Å²) in [4.78, 5) is 12.3. The van der Waals surface area contributed by atoms with Gasteiger partial charge in [-0.3, -0.25) is 4.79 Å². The molecule has 13 heavy (non-hydrogen) atoms. The number of nitrogens with one attached hydrogen (secondary N) is 1. The Balaban J connectivity index is 1.88. The molecule has 3 nitrogen and oxygen atoms in total. The molecule has 1 saturated carbocycles. The second-order valence-corrected chi connectivity index (χ2v) is 4.83. The van der Waals surface area contributed by atoms with Crippen LogP contribution >= 0.6 is 11.8 Å². The van der Waals surface area contributed by atoms with E-state index in [0.717, 1.165) is 19.3 Å². The first-order chi connectivity index (χ1) is 6.29. The van der Waals surface area contributed by atoms with Crippen LogP contribution in [0.2, 0.25) is 0 Å². The maximum Gasteiger partial charge on any atom is 0.133 e. The van der Waals surface area contributed by atoms with Crippen LogP contribution in [0.4, 0.5) is 0 Å². The monoisotopic (exact) mass is 198 g/mol. The number of Topliss-reactive ketones (excluding diaryl/α,β-unsaturated/α-hetero) is 1. The molecule has 2 rings (SSSR count). The second-order valence-electron chi connectivity index (χ2n) is 3.56. The summed E-state index contributed by atoms with van der Waals surface area (Å²) < 4.78 is 0. The molecular formula is C9H14N2OS. The molecule has 0 amide bonds. The summed E-state index contributed by atoms with van der Waals surface area (Å²) in [5.74, 6) is 0.923. The van der Waals surface area contributed by atoms with Gasteiger partial charge in [0.1, 0.15) is 5.78 Å². The van der Waals surface area contributed by atoms with Crippen molar-refractivity contribution >= 4 is 17.5 Å². The van der Waals surface area contributed by atoms with Gasteiger partial charge in [0.05, 0.1) is 5.37 Å². The summed E-state index contributed by atoms with van der Waals surface area (Å²) in [6.45, 7) is 0.606. The predicted octanol–water partition coefficient (Wildman–Crippen LogP) is 0.818. The largest absolute Gasteiger partial charge is 0.378 e. The topological polar surface area (TPSA) is 55.1 Å². The number of carbonyl (C=O) groups excluding carboxylic acids is 1. The van der Waals surface area contributed by atoms with E-state index in [1.807, 2.05) is 6.20 Å². The van der Waals surface area contributed by atoms with E-state index in [0.29, 0.717) is 23.6 Å². The molecule has 1 aliphatic heterocycles. The zero-order valence-electron chi connectivity index (χ0n) is 7.45. The Morgan fingerprint density at radius 1 is 1.69 bits per heavy atom. The third-order valence-corrected chi connectivity index (χ3v) is 3.96. The molecule has 1 fully saturated rings. The minimum absolute atomic E-state index is 0.394. The summed E-state index contributed by atoms with van der Waals surface area (Å²) in [5, 5.41) is 3.68. The van der Waals surface area contributed by atoms with E-state index >= 15 is 0 Å². The van der Waals surface area contributed by atoms with Crippen LogP contribution in [0.1, 0.15) is 19.3 Å². The van der Waals surface area contributed by atoms with Gasteiger partial charge in [0.25, 0.3) is 0 Å². The van der Waals surface area contributed by atoms with E-state index in [1.165, 1.54) is 4.91 Å². The van der Waals surface area contributed by atoms with Crippen molar-refractivity contribution in [1.29, 1.82) is 0 Å². The van der Waals surface area contributed by atoms with Crippen LogP contribution in [0.5, 0.6) is 0 Å². The van der Waals surface area contributed by atoms with Gasteiger partial charge >= 0.3 is 0 Å². The number of hydrogen-bond donors (Lipinski definition) is 2. The maximum atomic E-state index is 11.1. The second kappa shape index (κ2) is 3.72. The lowest BCUT2D eigenvalue weighted by Gasteiger charge is -2.17. The normalized spacial score (nSPS) is 33.3. The lowest BCUT2D eigenvalue weighted by atomic mass is 10.1. The van der Waals surface area contributed by atoms with E-state index in [1.54, 1.807) is 11.8 Å². The molecule has 0 aromatic rings. The van der Waals surface area contributed by atoms with Gasteiger partial charge in [0, 0.05) is 30.5 Å². The SMILES string of the molecule is NCC1=CNC(C2CCC(=O)C2)S1. The Labute approximate surface area is 82.1 Å². The van der Waals surface area contributed by atoms with E-state index in [9.17, 15) is 4.79 Å². The van der Waals surface area contributed by atoms with Gasteiger partial charge in [0.15, 0.2) is 0 Å². The molecule has 0 aromatic heterocycles.